The molecule has 0 aliphatic carbocycles. The van der Waals surface area contributed by atoms with Crippen molar-refractivity contribution in [2.75, 3.05) is 26.3 Å². The molecule has 0 saturated carbocycles. The van der Waals surface area contributed by atoms with Crippen LogP contribution in [0.15, 0.2) is 30.3 Å². The van der Waals surface area contributed by atoms with Crippen LogP contribution < -0.4 is 0 Å². The molecule has 1 aromatic carbocycles. The Balaban J connectivity index is 1.45. The van der Waals surface area contributed by atoms with Gasteiger partial charge in [-0.05, 0) is 24.9 Å². The molecule has 3 aliphatic rings. The van der Waals surface area contributed by atoms with Gasteiger partial charge in [-0.2, -0.15) is 0 Å². The fraction of sp³-hybridized carbons (Fsp3) is 0.556. The fourth-order valence-corrected chi connectivity index (χ4v) is 4.09. The highest BCUT2D eigenvalue weighted by molar-refractivity contribution is 6.05. The molecule has 0 unspecified atom stereocenters. The van der Waals surface area contributed by atoms with Gasteiger partial charge in [0.25, 0.3) is 0 Å². The van der Waals surface area contributed by atoms with Gasteiger partial charge in [-0.25, -0.2) is 0 Å². The van der Waals surface area contributed by atoms with Gasteiger partial charge in [0, 0.05) is 18.6 Å². The normalized spacial score (nSPS) is 31.7. The Morgan fingerprint density at radius 3 is 2.74 bits per heavy atom. The van der Waals surface area contributed by atoms with E-state index < -0.39 is 0 Å². The summed E-state index contributed by atoms with van der Waals surface area (Å²) in [5.74, 6) is -0.0812. The molecule has 3 aliphatic heterocycles. The van der Waals surface area contributed by atoms with Crippen molar-refractivity contribution in [1.82, 2.24) is 9.80 Å². The summed E-state index contributed by atoms with van der Waals surface area (Å²) < 4.78 is 5.55. The van der Waals surface area contributed by atoms with E-state index in [0.29, 0.717) is 13.0 Å². The van der Waals surface area contributed by atoms with Crippen LogP contribution in [-0.2, 0) is 20.9 Å². The van der Waals surface area contributed by atoms with Crippen LogP contribution in [0, 0.1) is 5.41 Å². The van der Waals surface area contributed by atoms with Crippen LogP contribution in [-0.4, -0.2) is 54.0 Å². The second-order valence-corrected chi connectivity index (χ2v) is 7.05. The Labute approximate surface area is 136 Å². The Hall–Kier alpha value is -1.72. The summed E-state index contributed by atoms with van der Waals surface area (Å²) in [5.41, 5.74) is 1.22. The minimum Gasteiger partial charge on any atom is -0.381 e. The van der Waals surface area contributed by atoms with E-state index in [1.54, 1.807) is 0 Å². The van der Waals surface area contributed by atoms with Gasteiger partial charge in [-0.15, -0.1) is 0 Å². The second-order valence-electron chi connectivity index (χ2n) is 7.05. The van der Waals surface area contributed by atoms with Crippen LogP contribution in [0.3, 0.4) is 0 Å². The quantitative estimate of drug-likeness (QED) is 0.792. The molecule has 3 saturated heterocycles. The number of ether oxygens (including phenoxy) is 1. The van der Waals surface area contributed by atoms with Crippen molar-refractivity contribution in [3.8, 4) is 0 Å². The molecule has 5 heteroatoms. The zero-order valence-electron chi connectivity index (χ0n) is 13.2. The lowest BCUT2D eigenvalue weighted by molar-refractivity contribution is -0.140. The summed E-state index contributed by atoms with van der Waals surface area (Å²) in [5, 5.41) is 0. The fourth-order valence-electron chi connectivity index (χ4n) is 4.09. The van der Waals surface area contributed by atoms with Gasteiger partial charge in [0.1, 0.15) is 0 Å². The molecule has 5 nitrogen and oxygen atoms in total. The molecule has 3 fully saturated rings. The van der Waals surface area contributed by atoms with Gasteiger partial charge in [-0.3, -0.25) is 19.4 Å². The number of carbonyl (C=O) groups excluding carboxylic acids is 2. The van der Waals surface area contributed by atoms with Crippen LogP contribution in [0.2, 0.25) is 0 Å². The lowest BCUT2D eigenvalue weighted by Gasteiger charge is -2.25. The van der Waals surface area contributed by atoms with Gasteiger partial charge in [-0.1, -0.05) is 30.3 Å². The van der Waals surface area contributed by atoms with Crippen molar-refractivity contribution >= 4 is 11.8 Å². The van der Waals surface area contributed by atoms with Gasteiger partial charge in [0.15, 0.2) is 0 Å². The average molecular weight is 314 g/mol. The van der Waals surface area contributed by atoms with Gasteiger partial charge in [0.05, 0.1) is 25.6 Å². The molecule has 3 heterocycles. The molecule has 4 rings (SSSR count). The first-order chi connectivity index (χ1) is 11.2. The largest absolute Gasteiger partial charge is 0.381 e. The first-order valence-electron chi connectivity index (χ1n) is 8.37. The van der Waals surface area contributed by atoms with Gasteiger partial charge < -0.3 is 4.74 Å². The highest BCUT2D eigenvalue weighted by atomic mass is 16.5. The third-order valence-electron chi connectivity index (χ3n) is 5.50. The third-order valence-corrected chi connectivity index (χ3v) is 5.50. The molecule has 0 N–H and O–H groups in total. The number of carbonyl (C=O) groups is 2. The summed E-state index contributed by atoms with van der Waals surface area (Å²) >= 11 is 0. The summed E-state index contributed by atoms with van der Waals surface area (Å²) in [6, 6.07) is 9.44. The Bertz CT molecular complexity index is 610. The minimum absolute atomic E-state index is 0.0326. The van der Waals surface area contributed by atoms with Crippen LogP contribution in [0.25, 0.3) is 0 Å². The molecular weight excluding hydrogens is 292 g/mol. The lowest BCUT2D eigenvalue weighted by Crippen LogP contribution is -2.41. The SMILES string of the molecule is O=C1C[C@H](N2CC[C@@]3(CCOC3)C2)C(=O)N1Cc1ccccc1. The van der Waals surface area contributed by atoms with E-state index >= 15 is 0 Å². The van der Waals surface area contributed by atoms with Crippen molar-refractivity contribution in [3.05, 3.63) is 35.9 Å². The molecule has 2 amide bonds. The zero-order chi connectivity index (χ0) is 15.9. The third kappa shape index (κ3) is 2.68. The van der Waals surface area contributed by atoms with Crippen LogP contribution >= 0.6 is 0 Å². The van der Waals surface area contributed by atoms with Crippen molar-refractivity contribution in [1.29, 1.82) is 0 Å². The second kappa shape index (κ2) is 5.73. The first kappa shape index (κ1) is 14.8. The van der Waals surface area contributed by atoms with E-state index in [0.717, 1.165) is 44.7 Å². The number of hydrogen-bond donors (Lipinski definition) is 0. The first-order valence-corrected chi connectivity index (χ1v) is 8.37. The van der Waals surface area contributed by atoms with Crippen LogP contribution in [0.4, 0.5) is 0 Å². The number of rotatable bonds is 3. The maximum atomic E-state index is 12.7. The highest BCUT2D eigenvalue weighted by Crippen LogP contribution is 2.40. The summed E-state index contributed by atoms with van der Waals surface area (Å²) in [4.78, 5) is 28.7. The molecule has 23 heavy (non-hydrogen) atoms. The molecule has 0 radical (unpaired) electrons. The number of benzene rings is 1. The standard InChI is InChI=1S/C18H22N2O3/c21-16-10-15(19-8-6-18(12-19)7-9-23-13-18)17(22)20(16)11-14-4-2-1-3-5-14/h1-5,15H,6-13H2/t15-,18+/m0/s1. The lowest BCUT2D eigenvalue weighted by atomic mass is 9.87. The molecule has 122 valence electrons. The van der Waals surface area contributed by atoms with E-state index in [-0.39, 0.29) is 23.3 Å². The van der Waals surface area contributed by atoms with E-state index in [9.17, 15) is 9.59 Å². The molecule has 1 spiro atoms. The van der Waals surface area contributed by atoms with Crippen molar-refractivity contribution in [2.24, 2.45) is 5.41 Å². The molecule has 0 bridgehead atoms. The molecule has 1 aromatic rings. The number of likely N-dealkylation sites (tertiary alicyclic amines) is 2. The average Bonchev–Trinajstić information content (AvgIpc) is 3.26. The number of hydrogen-bond acceptors (Lipinski definition) is 4. The van der Waals surface area contributed by atoms with E-state index in [4.69, 9.17) is 4.74 Å². The zero-order valence-corrected chi connectivity index (χ0v) is 13.2. The maximum Gasteiger partial charge on any atom is 0.247 e. The highest BCUT2D eigenvalue weighted by Gasteiger charge is 2.48. The minimum atomic E-state index is -0.272. The molecule has 0 aromatic heterocycles. The Kier molecular flexibility index (Phi) is 3.70. The summed E-state index contributed by atoms with van der Waals surface area (Å²) in [6.45, 7) is 3.79. The van der Waals surface area contributed by atoms with Crippen molar-refractivity contribution in [3.63, 3.8) is 0 Å². The molecular formula is C18H22N2O3. The van der Waals surface area contributed by atoms with E-state index in [1.165, 1.54) is 4.90 Å². The molecule has 2 atom stereocenters. The maximum absolute atomic E-state index is 12.7. The Morgan fingerprint density at radius 2 is 2.00 bits per heavy atom. The van der Waals surface area contributed by atoms with E-state index in [2.05, 4.69) is 4.90 Å². The van der Waals surface area contributed by atoms with Crippen LogP contribution in [0.1, 0.15) is 24.8 Å². The van der Waals surface area contributed by atoms with Crippen molar-refractivity contribution < 1.29 is 14.3 Å². The van der Waals surface area contributed by atoms with Crippen LogP contribution in [0.5, 0.6) is 0 Å². The van der Waals surface area contributed by atoms with Gasteiger partial charge >= 0.3 is 0 Å². The number of nitrogens with zero attached hydrogens (tertiary/aromatic N) is 2. The summed E-state index contributed by atoms with van der Waals surface area (Å²) in [6.07, 6.45) is 2.47. The predicted octanol–water partition coefficient (Wildman–Crippen LogP) is 1.43. The predicted molar refractivity (Wildman–Crippen MR) is 84.5 cm³/mol. The van der Waals surface area contributed by atoms with E-state index in [1.807, 2.05) is 30.3 Å². The number of amides is 2. The topological polar surface area (TPSA) is 49.9 Å². The Morgan fingerprint density at radius 1 is 1.17 bits per heavy atom. The van der Waals surface area contributed by atoms with Crippen molar-refractivity contribution in [2.45, 2.75) is 31.8 Å². The van der Waals surface area contributed by atoms with Gasteiger partial charge in [0.2, 0.25) is 11.8 Å². The summed E-state index contributed by atoms with van der Waals surface area (Å²) in [7, 11) is 0. The number of imide groups is 1. The monoisotopic (exact) mass is 314 g/mol. The smallest absolute Gasteiger partial charge is 0.247 e.